The summed E-state index contributed by atoms with van der Waals surface area (Å²) >= 11 is 0. The van der Waals surface area contributed by atoms with Crippen molar-refractivity contribution in [2.45, 2.75) is 19.9 Å². The van der Waals surface area contributed by atoms with Crippen LogP contribution < -0.4 is 5.32 Å². The number of carbonyl (C=O) groups excluding carboxylic acids is 1. The first-order valence-electron chi connectivity index (χ1n) is 6.98. The van der Waals surface area contributed by atoms with Crippen LogP contribution in [0.4, 0.5) is 4.39 Å². The Kier molecular flexibility index (Phi) is 3.87. The van der Waals surface area contributed by atoms with Crippen LogP contribution in [0.5, 0.6) is 0 Å². The Balaban J connectivity index is 1.64. The van der Waals surface area contributed by atoms with Gasteiger partial charge in [0.1, 0.15) is 11.3 Å². The van der Waals surface area contributed by atoms with E-state index < -0.39 is 0 Å². The molecule has 0 saturated carbocycles. The van der Waals surface area contributed by atoms with Gasteiger partial charge in [0, 0.05) is 19.0 Å². The van der Waals surface area contributed by atoms with Crippen LogP contribution in [-0.2, 0) is 17.8 Å². The number of rotatable bonds is 4. The Morgan fingerprint density at radius 3 is 2.91 bits per heavy atom. The van der Waals surface area contributed by atoms with E-state index in [4.69, 9.17) is 4.42 Å². The van der Waals surface area contributed by atoms with Crippen molar-refractivity contribution in [3.63, 3.8) is 0 Å². The van der Waals surface area contributed by atoms with Crippen LogP contribution >= 0.6 is 0 Å². The van der Waals surface area contributed by atoms with Crippen molar-refractivity contribution >= 4 is 17.0 Å². The zero-order valence-corrected chi connectivity index (χ0v) is 12.1. The number of nitrogens with zero attached hydrogens (tertiary/aromatic N) is 1. The maximum Gasteiger partial charge on any atom is 0.224 e. The molecule has 1 aromatic heterocycles. The molecule has 0 aliphatic carbocycles. The van der Waals surface area contributed by atoms with E-state index in [9.17, 15) is 9.18 Å². The van der Waals surface area contributed by atoms with Crippen LogP contribution in [0, 0.1) is 12.7 Å². The molecular formula is C17H15FN2O2. The second-order valence-corrected chi connectivity index (χ2v) is 5.08. The lowest BCUT2D eigenvalue weighted by Crippen LogP contribution is -2.25. The first-order chi connectivity index (χ1) is 10.6. The molecule has 0 aliphatic heterocycles. The number of benzene rings is 2. The van der Waals surface area contributed by atoms with Crippen molar-refractivity contribution < 1.29 is 13.6 Å². The number of nitrogens with one attached hydrogen (secondary N) is 1. The van der Waals surface area contributed by atoms with E-state index in [1.807, 2.05) is 12.1 Å². The number of hydrogen-bond acceptors (Lipinski definition) is 3. The Bertz CT molecular complexity index is 826. The summed E-state index contributed by atoms with van der Waals surface area (Å²) in [4.78, 5) is 16.2. The fourth-order valence-electron chi connectivity index (χ4n) is 2.28. The average Bonchev–Trinajstić information content (AvgIpc) is 2.86. The van der Waals surface area contributed by atoms with Crippen molar-refractivity contribution in [2.75, 3.05) is 0 Å². The van der Waals surface area contributed by atoms with Gasteiger partial charge in [-0.3, -0.25) is 4.79 Å². The van der Waals surface area contributed by atoms with Gasteiger partial charge in [0.05, 0.1) is 6.42 Å². The number of amides is 1. The number of carbonyl (C=O) groups is 1. The molecule has 0 bridgehead atoms. The lowest BCUT2D eigenvalue weighted by molar-refractivity contribution is -0.120. The van der Waals surface area contributed by atoms with Gasteiger partial charge in [0.25, 0.3) is 0 Å². The standard InChI is InChI=1S/C17H15FN2O2/c1-11-20-15-8-12(6-7-16(15)22-11)9-17(21)19-10-13-4-2-3-5-14(13)18/h2-8H,9-10H2,1H3,(H,19,21). The van der Waals surface area contributed by atoms with Crippen LogP contribution in [0.15, 0.2) is 46.9 Å². The van der Waals surface area contributed by atoms with Crippen LogP contribution in [0.25, 0.3) is 11.1 Å². The molecule has 1 N–H and O–H groups in total. The number of oxazole rings is 1. The third kappa shape index (κ3) is 3.14. The fraction of sp³-hybridized carbons (Fsp3) is 0.176. The molecule has 2 aromatic carbocycles. The molecule has 0 spiro atoms. The lowest BCUT2D eigenvalue weighted by Gasteiger charge is -2.06. The highest BCUT2D eigenvalue weighted by Gasteiger charge is 2.08. The third-order valence-electron chi connectivity index (χ3n) is 3.36. The van der Waals surface area contributed by atoms with E-state index in [-0.39, 0.29) is 24.7 Å². The number of aromatic nitrogens is 1. The number of fused-ring (bicyclic) bond motifs is 1. The monoisotopic (exact) mass is 298 g/mol. The highest BCUT2D eigenvalue weighted by Crippen LogP contribution is 2.17. The molecule has 0 fully saturated rings. The molecule has 0 saturated heterocycles. The molecule has 3 aromatic rings. The predicted molar refractivity (Wildman–Crippen MR) is 80.7 cm³/mol. The fourth-order valence-corrected chi connectivity index (χ4v) is 2.28. The Morgan fingerprint density at radius 1 is 1.27 bits per heavy atom. The first-order valence-corrected chi connectivity index (χ1v) is 6.98. The van der Waals surface area contributed by atoms with Gasteiger partial charge in [-0.1, -0.05) is 24.3 Å². The molecule has 1 heterocycles. The third-order valence-corrected chi connectivity index (χ3v) is 3.36. The second-order valence-electron chi connectivity index (χ2n) is 5.08. The molecule has 0 unspecified atom stereocenters. The minimum atomic E-state index is -0.317. The van der Waals surface area contributed by atoms with Crippen LogP contribution in [0.1, 0.15) is 17.0 Å². The van der Waals surface area contributed by atoms with Crippen molar-refractivity contribution in [3.8, 4) is 0 Å². The first kappa shape index (κ1) is 14.3. The summed E-state index contributed by atoms with van der Waals surface area (Å²) in [6.07, 6.45) is 0.219. The smallest absolute Gasteiger partial charge is 0.224 e. The molecule has 112 valence electrons. The van der Waals surface area contributed by atoms with Crippen LogP contribution in [-0.4, -0.2) is 10.9 Å². The SMILES string of the molecule is Cc1nc2cc(CC(=O)NCc3ccccc3F)ccc2o1. The molecule has 5 heteroatoms. The quantitative estimate of drug-likeness (QED) is 0.805. The summed E-state index contributed by atoms with van der Waals surface area (Å²) in [5, 5.41) is 2.72. The average molecular weight is 298 g/mol. The second kappa shape index (κ2) is 5.97. The van der Waals surface area contributed by atoms with E-state index in [0.29, 0.717) is 17.0 Å². The van der Waals surface area contributed by atoms with Crippen molar-refractivity contribution in [1.29, 1.82) is 0 Å². The Hall–Kier alpha value is -2.69. The molecule has 22 heavy (non-hydrogen) atoms. The summed E-state index contributed by atoms with van der Waals surface area (Å²) in [5.74, 6) is 0.112. The van der Waals surface area contributed by atoms with E-state index in [1.54, 1.807) is 31.2 Å². The topological polar surface area (TPSA) is 55.1 Å². The summed E-state index contributed by atoms with van der Waals surface area (Å²) in [6.45, 7) is 1.96. The zero-order chi connectivity index (χ0) is 15.5. The Morgan fingerprint density at radius 2 is 2.09 bits per heavy atom. The van der Waals surface area contributed by atoms with Gasteiger partial charge in [-0.05, 0) is 23.8 Å². The normalized spacial score (nSPS) is 10.8. The number of aryl methyl sites for hydroxylation is 1. The lowest BCUT2D eigenvalue weighted by atomic mass is 10.1. The van der Waals surface area contributed by atoms with E-state index in [0.717, 1.165) is 11.1 Å². The maximum atomic E-state index is 13.5. The van der Waals surface area contributed by atoms with Crippen LogP contribution in [0.3, 0.4) is 0 Å². The van der Waals surface area contributed by atoms with Crippen molar-refractivity contribution in [1.82, 2.24) is 10.3 Å². The molecule has 1 amide bonds. The van der Waals surface area contributed by atoms with Crippen molar-refractivity contribution in [3.05, 3.63) is 65.3 Å². The van der Waals surface area contributed by atoms with Gasteiger partial charge in [-0.25, -0.2) is 9.37 Å². The maximum absolute atomic E-state index is 13.5. The number of hydrogen-bond donors (Lipinski definition) is 1. The summed E-state index contributed by atoms with van der Waals surface area (Å²) in [6, 6.07) is 11.8. The van der Waals surface area contributed by atoms with Crippen LogP contribution in [0.2, 0.25) is 0 Å². The summed E-state index contributed by atoms with van der Waals surface area (Å²) < 4.78 is 18.9. The van der Waals surface area contributed by atoms with Gasteiger partial charge >= 0.3 is 0 Å². The number of halogens is 1. The van der Waals surface area contributed by atoms with Crippen molar-refractivity contribution in [2.24, 2.45) is 0 Å². The minimum absolute atomic E-state index is 0.164. The molecular weight excluding hydrogens is 283 g/mol. The highest BCUT2D eigenvalue weighted by atomic mass is 19.1. The summed E-state index contributed by atoms with van der Waals surface area (Å²) in [7, 11) is 0. The molecule has 3 rings (SSSR count). The van der Waals surface area contributed by atoms with Gasteiger partial charge in [-0.2, -0.15) is 0 Å². The summed E-state index contributed by atoms with van der Waals surface area (Å²) in [5.41, 5.74) is 2.75. The Labute approximate surface area is 127 Å². The minimum Gasteiger partial charge on any atom is -0.441 e. The van der Waals surface area contributed by atoms with E-state index >= 15 is 0 Å². The van der Waals surface area contributed by atoms with E-state index in [1.165, 1.54) is 6.07 Å². The van der Waals surface area contributed by atoms with Gasteiger partial charge < -0.3 is 9.73 Å². The molecule has 0 radical (unpaired) electrons. The molecule has 0 atom stereocenters. The molecule has 4 nitrogen and oxygen atoms in total. The van der Waals surface area contributed by atoms with E-state index in [2.05, 4.69) is 10.3 Å². The van der Waals surface area contributed by atoms with Gasteiger partial charge in [0.2, 0.25) is 5.91 Å². The van der Waals surface area contributed by atoms with Gasteiger partial charge in [-0.15, -0.1) is 0 Å². The highest BCUT2D eigenvalue weighted by molar-refractivity contribution is 5.81. The zero-order valence-electron chi connectivity index (χ0n) is 12.1. The van der Waals surface area contributed by atoms with Gasteiger partial charge in [0.15, 0.2) is 11.5 Å². The predicted octanol–water partition coefficient (Wildman–Crippen LogP) is 3.13. The largest absolute Gasteiger partial charge is 0.441 e. The molecule has 0 aliphatic rings.